The highest BCUT2D eigenvalue weighted by atomic mass is 19.1. The summed E-state index contributed by atoms with van der Waals surface area (Å²) < 4.78 is 13.1. The summed E-state index contributed by atoms with van der Waals surface area (Å²) in [5.74, 6) is -0.243. The van der Waals surface area contributed by atoms with Gasteiger partial charge in [0.1, 0.15) is 5.82 Å². The van der Waals surface area contributed by atoms with Gasteiger partial charge in [-0.25, -0.2) is 4.39 Å². The van der Waals surface area contributed by atoms with Crippen LogP contribution in [0.25, 0.3) is 11.3 Å². The zero-order chi connectivity index (χ0) is 12.3. The first-order valence-electron chi connectivity index (χ1n) is 5.69. The predicted molar refractivity (Wildman–Crippen MR) is 66.0 cm³/mol. The molecule has 4 heteroatoms. The van der Waals surface area contributed by atoms with Crippen LogP contribution < -0.4 is 5.32 Å². The van der Waals surface area contributed by atoms with Crippen LogP contribution >= 0.6 is 0 Å². The maximum Gasteiger partial charge on any atom is 0.123 e. The molecular weight excluding hydrogens is 217 g/mol. The van der Waals surface area contributed by atoms with Crippen molar-refractivity contribution in [3.05, 3.63) is 41.8 Å². The van der Waals surface area contributed by atoms with E-state index < -0.39 is 0 Å². The molecule has 0 atom stereocenters. The van der Waals surface area contributed by atoms with Crippen molar-refractivity contribution in [2.24, 2.45) is 0 Å². The van der Waals surface area contributed by atoms with Crippen molar-refractivity contribution in [1.29, 1.82) is 0 Å². The summed E-state index contributed by atoms with van der Waals surface area (Å²) in [4.78, 5) is 0. The Morgan fingerprint density at radius 1 is 1.35 bits per heavy atom. The molecule has 0 aliphatic heterocycles. The van der Waals surface area contributed by atoms with Gasteiger partial charge in [-0.15, -0.1) is 0 Å². The van der Waals surface area contributed by atoms with E-state index in [0.29, 0.717) is 6.04 Å². The third-order valence-electron chi connectivity index (χ3n) is 2.45. The Hall–Kier alpha value is -1.68. The van der Waals surface area contributed by atoms with Crippen molar-refractivity contribution in [2.45, 2.75) is 26.4 Å². The van der Waals surface area contributed by atoms with Gasteiger partial charge in [-0.2, -0.15) is 5.10 Å². The lowest BCUT2D eigenvalue weighted by atomic mass is 10.1. The van der Waals surface area contributed by atoms with Gasteiger partial charge >= 0.3 is 0 Å². The number of nitrogens with zero attached hydrogens (tertiary/aromatic N) is 1. The molecule has 2 rings (SSSR count). The fourth-order valence-electron chi connectivity index (χ4n) is 1.56. The van der Waals surface area contributed by atoms with E-state index in [0.717, 1.165) is 23.5 Å². The van der Waals surface area contributed by atoms with Crippen molar-refractivity contribution in [2.75, 3.05) is 0 Å². The molecular formula is C13H16FN3. The molecule has 90 valence electrons. The van der Waals surface area contributed by atoms with Crippen LogP contribution in [0.4, 0.5) is 4.39 Å². The molecule has 0 unspecified atom stereocenters. The molecule has 17 heavy (non-hydrogen) atoms. The Balaban J connectivity index is 2.12. The van der Waals surface area contributed by atoms with E-state index in [4.69, 9.17) is 0 Å². The molecule has 2 aromatic rings. The van der Waals surface area contributed by atoms with Gasteiger partial charge in [0.05, 0.1) is 5.69 Å². The smallest absolute Gasteiger partial charge is 0.123 e. The molecule has 1 aromatic heterocycles. The molecule has 3 nitrogen and oxygen atoms in total. The second-order valence-corrected chi connectivity index (χ2v) is 4.32. The summed E-state index contributed by atoms with van der Waals surface area (Å²) in [6.07, 6.45) is 0. The molecule has 0 saturated heterocycles. The number of benzene rings is 1. The summed E-state index contributed by atoms with van der Waals surface area (Å²) in [5, 5.41) is 10.4. The zero-order valence-corrected chi connectivity index (χ0v) is 10.00. The van der Waals surface area contributed by atoms with Crippen LogP contribution in [0.2, 0.25) is 0 Å². The molecule has 0 amide bonds. The van der Waals surface area contributed by atoms with Gasteiger partial charge in [-0.3, -0.25) is 5.10 Å². The lowest BCUT2D eigenvalue weighted by Gasteiger charge is -2.04. The van der Waals surface area contributed by atoms with Crippen LogP contribution in [0, 0.1) is 5.82 Å². The van der Waals surface area contributed by atoms with Gasteiger partial charge in [0.15, 0.2) is 0 Å². The van der Waals surface area contributed by atoms with Crippen LogP contribution in [0.3, 0.4) is 0 Å². The number of H-pyrrole nitrogens is 1. The number of halogens is 1. The molecule has 0 aliphatic rings. The molecule has 0 saturated carbocycles. The first-order valence-corrected chi connectivity index (χ1v) is 5.69. The fraction of sp³-hybridized carbons (Fsp3) is 0.308. The Morgan fingerprint density at radius 3 is 2.88 bits per heavy atom. The molecule has 1 heterocycles. The maximum atomic E-state index is 13.1. The fourth-order valence-corrected chi connectivity index (χ4v) is 1.56. The highest BCUT2D eigenvalue weighted by Crippen LogP contribution is 2.18. The van der Waals surface area contributed by atoms with E-state index in [1.807, 2.05) is 12.1 Å². The first-order chi connectivity index (χ1) is 8.15. The topological polar surface area (TPSA) is 40.7 Å². The first kappa shape index (κ1) is 11.8. The summed E-state index contributed by atoms with van der Waals surface area (Å²) in [6, 6.07) is 8.80. The minimum atomic E-state index is -0.243. The van der Waals surface area contributed by atoms with E-state index in [1.165, 1.54) is 12.1 Å². The Kier molecular flexibility index (Phi) is 3.54. The van der Waals surface area contributed by atoms with Crippen molar-refractivity contribution in [3.63, 3.8) is 0 Å². The molecule has 0 spiro atoms. The van der Waals surface area contributed by atoms with E-state index in [2.05, 4.69) is 29.4 Å². The van der Waals surface area contributed by atoms with Gasteiger partial charge in [-0.1, -0.05) is 26.0 Å². The van der Waals surface area contributed by atoms with E-state index in [9.17, 15) is 4.39 Å². The SMILES string of the molecule is CC(C)NCc1cc(-c2cccc(F)c2)n[nH]1. The summed E-state index contributed by atoms with van der Waals surface area (Å²) in [6.45, 7) is 4.91. The van der Waals surface area contributed by atoms with Gasteiger partial charge < -0.3 is 5.32 Å². The van der Waals surface area contributed by atoms with Gasteiger partial charge in [-0.05, 0) is 18.2 Å². The molecule has 0 aliphatic carbocycles. The highest BCUT2D eigenvalue weighted by Gasteiger charge is 2.05. The standard InChI is InChI=1S/C13H16FN3/c1-9(2)15-8-12-7-13(17-16-12)10-4-3-5-11(14)6-10/h3-7,9,15H,8H2,1-2H3,(H,16,17). The second-order valence-electron chi connectivity index (χ2n) is 4.32. The van der Waals surface area contributed by atoms with E-state index in [1.54, 1.807) is 6.07 Å². The van der Waals surface area contributed by atoms with E-state index in [-0.39, 0.29) is 5.82 Å². The maximum absolute atomic E-state index is 13.1. The monoisotopic (exact) mass is 233 g/mol. The summed E-state index contributed by atoms with van der Waals surface area (Å²) in [5.41, 5.74) is 2.56. The lowest BCUT2D eigenvalue weighted by molar-refractivity contribution is 0.580. The van der Waals surface area contributed by atoms with Crippen molar-refractivity contribution in [1.82, 2.24) is 15.5 Å². The number of hydrogen-bond donors (Lipinski definition) is 2. The molecule has 1 aromatic carbocycles. The van der Waals surface area contributed by atoms with E-state index >= 15 is 0 Å². The van der Waals surface area contributed by atoms with Crippen LogP contribution in [0.15, 0.2) is 30.3 Å². The van der Waals surface area contributed by atoms with Crippen LogP contribution in [0.1, 0.15) is 19.5 Å². The average molecular weight is 233 g/mol. The second kappa shape index (κ2) is 5.10. The largest absolute Gasteiger partial charge is 0.309 e. The van der Waals surface area contributed by atoms with Gasteiger partial charge in [0.2, 0.25) is 0 Å². The zero-order valence-electron chi connectivity index (χ0n) is 10.00. The lowest BCUT2D eigenvalue weighted by Crippen LogP contribution is -2.21. The third kappa shape index (κ3) is 3.14. The van der Waals surface area contributed by atoms with Gasteiger partial charge in [0, 0.05) is 23.8 Å². The van der Waals surface area contributed by atoms with Crippen molar-refractivity contribution >= 4 is 0 Å². The minimum Gasteiger partial charge on any atom is -0.309 e. The summed E-state index contributed by atoms with van der Waals surface area (Å²) in [7, 11) is 0. The summed E-state index contributed by atoms with van der Waals surface area (Å²) >= 11 is 0. The number of rotatable bonds is 4. The molecule has 0 bridgehead atoms. The Labute approximate surface area is 100 Å². The Morgan fingerprint density at radius 2 is 2.18 bits per heavy atom. The number of nitrogens with one attached hydrogen (secondary N) is 2. The average Bonchev–Trinajstić information content (AvgIpc) is 2.75. The van der Waals surface area contributed by atoms with Crippen LogP contribution in [-0.4, -0.2) is 16.2 Å². The number of hydrogen-bond acceptors (Lipinski definition) is 2. The van der Waals surface area contributed by atoms with Crippen LogP contribution in [0.5, 0.6) is 0 Å². The minimum absolute atomic E-state index is 0.243. The molecule has 2 N–H and O–H groups in total. The quantitative estimate of drug-likeness (QED) is 0.852. The van der Waals surface area contributed by atoms with Gasteiger partial charge in [0.25, 0.3) is 0 Å². The molecule has 0 fully saturated rings. The highest BCUT2D eigenvalue weighted by molar-refractivity contribution is 5.59. The normalized spacial score (nSPS) is 11.1. The van der Waals surface area contributed by atoms with Crippen molar-refractivity contribution in [3.8, 4) is 11.3 Å². The predicted octanol–water partition coefficient (Wildman–Crippen LogP) is 2.71. The molecule has 0 radical (unpaired) electrons. The number of aromatic nitrogens is 2. The number of aromatic amines is 1. The van der Waals surface area contributed by atoms with Crippen LogP contribution in [-0.2, 0) is 6.54 Å². The Bertz CT molecular complexity index is 491. The van der Waals surface area contributed by atoms with Crippen molar-refractivity contribution < 1.29 is 4.39 Å². The third-order valence-corrected chi connectivity index (χ3v) is 2.45.